The van der Waals surface area contributed by atoms with E-state index in [1.807, 2.05) is 6.07 Å². The number of benzene rings is 2. The maximum absolute atomic E-state index is 13.1. The van der Waals surface area contributed by atoms with E-state index in [2.05, 4.69) is 18.7 Å². The van der Waals surface area contributed by atoms with Crippen molar-refractivity contribution in [1.29, 1.82) is 0 Å². The molecule has 1 atom stereocenters. The van der Waals surface area contributed by atoms with E-state index in [9.17, 15) is 19.8 Å². The first-order valence-electron chi connectivity index (χ1n) is 12.3. The Morgan fingerprint density at radius 1 is 0.912 bits per heavy atom. The molecule has 1 aliphatic heterocycles. The third-order valence-electron chi connectivity index (χ3n) is 6.30. The average Bonchev–Trinajstić information content (AvgIpc) is 3.10. The molecule has 1 aliphatic rings. The summed E-state index contributed by atoms with van der Waals surface area (Å²) in [6.45, 7) is 7.65. The van der Waals surface area contributed by atoms with Gasteiger partial charge in [0.15, 0.2) is 0 Å². The van der Waals surface area contributed by atoms with Crippen LogP contribution >= 0.6 is 0 Å². The Morgan fingerprint density at radius 3 is 2.18 bits per heavy atom. The highest BCUT2D eigenvalue weighted by atomic mass is 16.3. The highest BCUT2D eigenvalue weighted by Gasteiger charge is 2.45. The van der Waals surface area contributed by atoms with Gasteiger partial charge in [-0.1, -0.05) is 69.2 Å². The second-order valence-corrected chi connectivity index (χ2v) is 8.86. The Hall–Kier alpha value is -3.12. The predicted octanol–water partition coefficient (Wildman–Crippen LogP) is 5.11. The van der Waals surface area contributed by atoms with E-state index in [0.29, 0.717) is 17.7 Å². The van der Waals surface area contributed by atoms with Crippen molar-refractivity contribution in [3.8, 4) is 5.75 Å². The van der Waals surface area contributed by atoms with Gasteiger partial charge in [-0.15, -0.1) is 0 Å². The maximum atomic E-state index is 13.1. The van der Waals surface area contributed by atoms with E-state index in [-0.39, 0.29) is 17.1 Å². The van der Waals surface area contributed by atoms with Gasteiger partial charge < -0.3 is 20.0 Å². The molecular formula is C28H36N2O4. The Balaban J connectivity index is 1.89. The number of aromatic hydroxyl groups is 1. The first kappa shape index (κ1) is 25.5. The number of phenolic OH excluding ortho intramolecular Hbond substituents is 1. The van der Waals surface area contributed by atoms with Crippen LogP contribution in [0.25, 0.3) is 5.76 Å². The summed E-state index contributed by atoms with van der Waals surface area (Å²) in [5, 5.41) is 21.1. The summed E-state index contributed by atoms with van der Waals surface area (Å²) in [6.07, 6.45) is 5.26. The van der Waals surface area contributed by atoms with Crippen molar-refractivity contribution in [2.24, 2.45) is 0 Å². The molecule has 2 N–H and O–H groups in total. The number of carbonyl (C=O) groups is 2. The number of hydrogen-bond donors (Lipinski definition) is 2. The molecule has 0 bridgehead atoms. The molecule has 1 heterocycles. The first-order chi connectivity index (χ1) is 16.5. The Labute approximate surface area is 202 Å². The molecule has 34 heavy (non-hydrogen) atoms. The smallest absolute Gasteiger partial charge is 0.295 e. The van der Waals surface area contributed by atoms with Crippen molar-refractivity contribution in [3.63, 3.8) is 0 Å². The number of nitrogens with zero attached hydrogens (tertiary/aromatic N) is 2. The first-order valence-corrected chi connectivity index (χ1v) is 12.3. The second kappa shape index (κ2) is 12.4. The molecule has 0 aromatic heterocycles. The van der Waals surface area contributed by atoms with E-state index >= 15 is 0 Å². The quantitative estimate of drug-likeness (QED) is 0.259. The molecule has 1 saturated heterocycles. The van der Waals surface area contributed by atoms with Gasteiger partial charge in [0.25, 0.3) is 11.7 Å². The van der Waals surface area contributed by atoms with Crippen LogP contribution in [0.5, 0.6) is 5.75 Å². The van der Waals surface area contributed by atoms with E-state index in [0.717, 1.165) is 51.7 Å². The van der Waals surface area contributed by atoms with Gasteiger partial charge in [0.2, 0.25) is 0 Å². The highest BCUT2D eigenvalue weighted by molar-refractivity contribution is 6.46. The lowest BCUT2D eigenvalue weighted by molar-refractivity contribution is -0.140. The number of likely N-dealkylation sites (tertiary alicyclic amines) is 1. The van der Waals surface area contributed by atoms with Crippen LogP contribution in [0.15, 0.2) is 60.2 Å². The fourth-order valence-corrected chi connectivity index (χ4v) is 4.47. The summed E-state index contributed by atoms with van der Waals surface area (Å²) in [5.41, 5.74) is 1.15. The standard InChI is InChI=1S/C28H36N2O4/c1-3-5-16-29(17-6-4-2)18-11-19-30-25(22-14-10-15-23(31)20-22)24(27(33)28(30)34)26(32)21-12-8-7-9-13-21/h7-10,12-15,20,25,31-32H,3-6,11,16-19H2,1-2H3. The van der Waals surface area contributed by atoms with E-state index < -0.39 is 17.7 Å². The number of rotatable bonds is 12. The zero-order valence-electron chi connectivity index (χ0n) is 20.2. The molecule has 1 fully saturated rings. The highest BCUT2D eigenvalue weighted by Crippen LogP contribution is 2.40. The maximum Gasteiger partial charge on any atom is 0.295 e. The monoisotopic (exact) mass is 464 g/mol. The van der Waals surface area contributed by atoms with Crippen molar-refractivity contribution >= 4 is 17.4 Å². The van der Waals surface area contributed by atoms with Gasteiger partial charge in [0.1, 0.15) is 11.5 Å². The Kier molecular flexibility index (Phi) is 9.28. The van der Waals surface area contributed by atoms with Crippen LogP contribution in [0.1, 0.15) is 63.1 Å². The van der Waals surface area contributed by atoms with Gasteiger partial charge in [-0.3, -0.25) is 9.59 Å². The van der Waals surface area contributed by atoms with Crippen molar-refractivity contribution < 1.29 is 19.8 Å². The van der Waals surface area contributed by atoms with E-state index in [1.165, 1.54) is 0 Å². The van der Waals surface area contributed by atoms with Crippen LogP contribution < -0.4 is 0 Å². The van der Waals surface area contributed by atoms with Crippen LogP contribution in [0.2, 0.25) is 0 Å². The number of unbranched alkanes of at least 4 members (excludes halogenated alkanes) is 2. The minimum atomic E-state index is -0.743. The van der Waals surface area contributed by atoms with Crippen LogP contribution in [-0.4, -0.2) is 57.9 Å². The summed E-state index contributed by atoms with van der Waals surface area (Å²) in [5.74, 6) is -1.45. The number of phenols is 1. The lowest BCUT2D eigenvalue weighted by atomic mass is 9.95. The summed E-state index contributed by atoms with van der Waals surface area (Å²) in [4.78, 5) is 30.2. The number of carbonyl (C=O) groups excluding carboxylic acids is 2. The van der Waals surface area contributed by atoms with Crippen molar-refractivity contribution in [2.75, 3.05) is 26.2 Å². The summed E-state index contributed by atoms with van der Waals surface area (Å²) in [7, 11) is 0. The molecule has 3 rings (SSSR count). The average molecular weight is 465 g/mol. The SMILES string of the molecule is CCCCN(CCCC)CCCN1C(=O)C(=O)C(=C(O)c2ccccc2)C1c1cccc(O)c1. The topological polar surface area (TPSA) is 81.1 Å². The zero-order chi connectivity index (χ0) is 24.5. The lowest BCUT2D eigenvalue weighted by Gasteiger charge is -2.27. The molecule has 2 aromatic carbocycles. The number of hydrogen-bond acceptors (Lipinski definition) is 5. The predicted molar refractivity (Wildman–Crippen MR) is 134 cm³/mol. The van der Waals surface area contributed by atoms with Gasteiger partial charge in [0, 0.05) is 12.1 Å². The Bertz CT molecular complexity index is 994. The molecule has 6 nitrogen and oxygen atoms in total. The van der Waals surface area contributed by atoms with Gasteiger partial charge in [0.05, 0.1) is 11.6 Å². The van der Waals surface area contributed by atoms with E-state index in [1.54, 1.807) is 53.4 Å². The summed E-state index contributed by atoms with van der Waals surface area (Å²) < 4.78 is 0. The molecule has 182 valence electrons. The number of ketones is 1. The molecule has 0 radical (unpaired) electrons. The number of amides is 1. The van der Waals surface area contributed by atoms with Crippen molar-refractivity contribution in [2.45, 2.75) is 52.0 Å². The number of Topliss-reactive ketones (excluding diaryl/α,β-unsaturated/α-hetero) is 1. The molecule has 0 aliphatic carbocycles. The molecule has 0 spiro atoms. The van der Waals surface area contributed by atoms with Crippen LogP contribution in [0, 0.1) is 0 Å². The molecule has 6 heteroatoms. The number of aliphatic hydroxyl groups excluding tert-OH is 1. The fourth-order valence-electron chi connectivity index (χ4n) is 4.47. The number of aliphatic hydroxyl groups is 1. The lowest BCUT2D eigenvalue weighted by Crippen LogP contribution is -2.34. The fraction of sp³-hybridized carbons (Fsp3) is 0.429. The Morgan fingerprint density at radius 2 is 1.56 bits per heavy atom. The third-order valence-corrected chi connectivity index (χ3v) is 6.30. The molecule has 1 unspecified atom stereocenters. The molecular weight excluding hydrogens is 428 g/mol. The largest absolute Gasteiger partial charge is 0.508 e. The van der Waals surface area contributed by atoms with Crippen LogP contribution in [-0.2, 0) is 9.59 Å². The second-order valence-electron chi connectivity index (χ2n) is 8.86. The van der Waals surface area contributed by atoms with Crippen LogP contribution in [0.3, 0.4) is 0 Å². The zero-order valence-corrected chi connectivity index (χ0v) is 20.2. The van der Waals surface area contributed by atoms with Crippen molar-refractivity contribution in [3.05, 3.63) is 71.3 Å². The van der Waals surface area contributed by atoms with E-state index in [4.69, 9.17) is 0 Å². The van der Waals surface area contributed by atoms with Gasteiger partial charge in [-0.2, -0.15) is 0 Å². The normalized spacial score (nSPS) is 17.6. The minimum Gasteiger partial charge on any atom is -0.508 e. The van der Waals surface area contributed by atoms with Crippen LogP contribution in [0.4, 0.5) is 0 Å². The van der Waals surface area contributed by atoms with Crippen molar-refractivity contribution in [1.82, 2.24) is 9.80 Å². The van der Waals surface area contributed by atoms with Gasteiger partial charge in [-0.25, -0.2) is 0 Å². The molecule has 2 aromatic rings. The third kappa shape index (κ3) is 6.06. The minimum absolute atomic E-state index is 0.0492. The summed E-state index contributed by atoms with van der Waals surface area (Å²) in [6, 6.07) is 14.6. The summed E-state index contributed by atoms with van der Waals surface area (Å²) >= 11 is 0. The molecule has 0 saturated carbocycles. The molecule has 1 amide bonds. The van der Waals surface area contributed by atoms with Gasteiger partial charge >= 0.3 is 0 Å². The van der Waals surface area contributed by atoms with Gasteiger partial charge in [-0.05, 0) is 56.6 Å².